The number of carbonyl (C=O) groups excluding carboxylic acids is 3. The molecular formula is C23H26FN3O6S. The van der Waals surface area contributed by atoms with Crippen molar-refractivity contribution in [2.45, 2.75) is 44.2 Å². The van der Waals surface area contributed by atoms with Crippen molar-refractivity contribution < 1.29 is 31.9 Å². The zero-order chi connectivity index (χ0) is 25.0. The number of rotatable bonds is 8. The highest BCUT2D eigenvalue weighted by atomic mass is 32.2. The van der Waals surface area contributed by atoms with Gasteiger partial charge in [0.1, 0.15) is 5.82 Å². The molecule has 2 aromatic rings. The van der Waals surface area contributed by atoms with Crippen molar-refractivity contribution >= 4 is 39.2 Å². The van der Waals surface area contributed by atoms with Gasteiger partial charge in [-0.2, -0.15) is 0 Å². The van der Waals surface area contributed by atoms with Gasteiger partial charge in [-0.1, -0.05) is 12.1 Å². The molecule has 2 aromatic carbocycles. The van der Waals surface area contributed by atoms with Crippen LogP contribution in [-0.4, -0.2) is 44.9 Å². The number of esters is 1. The number of nitrogens with one attached hydrogen (secondary N) is 2. The summed E-state index contributed by atoms with van der Waals surface area (Å²) in [4.78, 5) is 38.5. The number of carbonyl (C=O) groups is 3. The van der Waals surface area contributed by atoms with Crippen LogP contribution in [0.25, 0.3) is 0 Å². The molecule has 34 heavy (non-hydrogen) atoms. The zero-order valence-electron chi connectivity index (χ0n) is 18.9. The van der Waals surface area contributed by atoms with Crippen LogP contribution >= 0.6 is 0 Å². The van der Waals surface area contributed by atoms with Crippen LogP contribution in [0.15, 0.2) is 53.4 Å². The molecule has 182 valence electrons. The molecular weight excluding hydrogens is 465 g/mol. The lowest BCUT2D eigenvalue weighted by Gasteiger charge is -2.18. The number of hydrogen-bond donors (Lipinski definition) is 2. The molecule has 0 radical (unpaired) electrons. The van der Waals surface area contributed by atoms with Gasteiger partial charge in [0.2, 0.25) is 15.9 Å². The summed E-state index contributed by atoms with van der Waals surface area (Å²) < 4.78 is 46.1. The molecule has 1 fully saturated rings. The van der Waals surface area contributed by atoms with Crippen molar-refractivity contribution in [3.05, 3.63) is 54.3 Å². The van der Waals surface area contributed by atoms with Crippen LogP contribution < -0.4 is 14.9 Å². The van der Waals surface area contributed by atoms with Crippen LogP contribution in [0.4, 0.5) is 15.8 Å². The summed E-state index contributed by atoms with van der Waals surface area (Å²) in [5.74, 6) is -3.18. The van der Waals surface area contributed by atoms with Gasteiger partial charge >= 0.3 is 5.97 Å². The fraction of sp³-hybridized carbons (Fsp3) is 0.348. The van der Waals surface area contributed by atoms with Gasteiger partial charge in [-0.3, -0.25) is 14.4 Å². The molecule has 2 atom stereocenters. The van der Waals surface area contributed by atoms with E-state index in [1.54, 1.807) is 19.9 Å². The summed E-state index contributed by atoms with van der Waals surface area (Å²) in [6.45, 7) is 4.73. The first-order valence-electron chi connectivity index (χ1n) is 10.7. The first kappa shape index (κ1) is 25.3. The van der Waals surface area contributed by atoms with Crippen LogP contribution in [0.2, 0.25) is 0 Å². The summed E-state index contributed by atoms with van der Waals surface area (Å²) in [5, 5.41) is 2.55. The van der Waals surface area contributed by atoms with E-state index in [1.165, 1.54) is 54.3 Å². The van der Waals surface area contributed by atoms with Crippen LogP contribution in [-0.2, 0) is 29.1 Å². The van der Waals surface area contributed by atoms with Crippen LogP contribution in [0, 0.1) is 11.7 Å². The second-order valence-corrected chi connectivity index (χ2v) is 9.94. The minimum atomic E-state index is -3.67. The maximum absolute atomic E-state index is 14.0. The lowest BCUT2D eigenvalue weighted by molar-refractivity contribution is -0.157. The van der Waals surface area contributed by atoms with Gasteiger partial charge in [-0.05, 0) is 57.2 Å². The van der Waals surface area contributed by atoms with Gasteiger partial charge in [-0.25, -0.2) is 17.5 Å². The second-order valence-electron chi connectivity index (χ2n) is 8.23. The van der Waals surface area contributed by atoms with Gasteiger partial charge in [0.25, 0.3) is 5.91 Å². The number of anilines is 2. The predicted molar refractivity (Wildman–Crippen MR) is 123 cm³/mol. The Hall–Kier alpha value is -3.31. The topological polar surface area (TPSA) is 122 Å². The number of sulfonamides is 1. The summed E-state index contributed by atoms with van der Waals surface area (Å²) in [5.41, 5.74) is 0.404. The summed E-state index contributed by atoms with van der Waals surface area (Å²) in [7, 11) is -3.67. The highest BCUT2D eigenvalue weighted by Gasteiger charge is 2.38. The SMILES string of the molecule is CC(C)NS(=O)(=O)c1ccc(NC(=O)C(C)OC(=O)C2CC(=O)N(c3ccccc3F)C2)cc1. The third-order valence-electron chi connectivity index (χ3n) is 5.09. The average Bonchev–Trinajstić information content (AvgIpc) is 3.15. The Morgan fingerprint density at radius 2 is 1.74 bits per heavy atom. The Bertz CT molecular complexity index is 1180. The monoisotopic (exact) mass is 491 g/mol. The van der Waals surface area contributed by atoms with E-state index in [1.807, 2.05) is 0 Å². The van der Waals surface area contributed by atoms with Crippen LogP contribution in [0.5, 0.6) is 0 Å². The summed E-state index contributed by atoms with van der Waals surface area (Å²) in [6, 6.07) is 11.0. The number of benzene rings is 2. The quantitative estimate of drug-likeness (QED) is 0.547. The van der Waals surface area contributed by atoms with Crippen molar-refractivity contribution in [1.82, 2.24) is 4.72 Å². The van der Waals surface area contributed by atoms with E-state index in [2.05, 4.69) is 10.0 Å². The second kappa shape index (κ2) is 10.3. The molecule has 0 aromatic heterocycles. The van der Waals surface area contributed by atoms with Crippen LogP contribution in [0.3, 0.4) is 0 Å². The third-order valence-corrected chi connectivity index (χ3v) is 6.76. The molecule has 0 bridgehead atoms. The van der Waals surface area contributed by atoms with Crippen LogP contribution in [0.1, 0.15) is 27.2 Å². The summed E-state index contributed by atoms with van der Waals surface area (Å²) in [6.07, 6.45) is -1.32. The fourth-order valence-electron chi connectivity index (χ4n) is 3.43. The molecule has 3 rings (SSSR count). The molecule has 2 N–H and O–H groups in total. The van der Waals surface area contributed by atoms with Crippen molar-refractivity contribution in [2.75, 3.05) is 16.8 Å². The lowest BCUT2D eigenvalue weighted by Crippen LogP contribution is -2.33. The first-order valence-corrected chi connectivity index (χ1v) is 12.1. The molecule has 0 aliphatic carbocycles. The normalized spacial score (nSPS) is 17.0. The minimum absolute atomic E-state index is 0.0454. The molecule has 11 heteroatoms. The van der Waals surface area contributed by atoms with Gasteiger partial charge in [0.05, 0.1) is 16.5 Å². The molecule has 1 heterocycles. The zero-order valence-corrected chi connectivity index (χ0v) is 19.8. The Balaban J connectivity index is 1.57. The Labute approximate surface area is 197 Å². The van der Waals surface area contributed by atoms with E-state index < -0.39 is 45.6 Å². The highest BCUT2D eigenvalue weighted by Crippen LogP contribution is 2.28. The standard InChI is InChI=1S/C23H26FN3O6S/c1-14(2)26-34(31,32)18-10-8-17(9-11-18)25-22(29)15(3)33-23(30)16-12-21(28)27(13-16)20-7-5-4-6-19(20)24/h4-11,14-16,26H,12-13H2,1-3H3,(H,25,29). The molecule has 2 unspecified atom stereocenters. The predicted octanol–water partition coefficient (Wildman–Crippen LogP) is 2.44. The highest BCUT2D eigenvalue weighted by molar-refractivity contribution is 7.89. The number of hydrogen-bond acceptors (Lipinski definition) is 6. The molecule has 1 aliphatic rings. The number of ether oxygens (including phenoxy) is 1. The molecule has 1 saturated heterocycles. The van der Waals surface area contributed by atoms with Gasteiger partial charge in [0, 0.05) is 24.7 Å². The Morgan fingerprint density at radius 1 is 1.09 bits per heavy atom. The molecule has 9 nitrogen and oxygen atoms in total. The Morgan fingerprint density at radius 3 is 2.35 bits per heavy atom. The van der Waals surface area contributed by atoms with Crippen molar-refractivity contribution in [1.29, 1.82) is 0 Å². The maximum atomic E-state index is 14.0. The molecule has 1 aliphatic heterocycles. The van der Waals surface area contributed by atoms with Crippen molar-refractivity contribution in [3.63, 3.8) is 0 Å². The van der Waals surface area contributed by atoms with E-state index in [4.69, 9.17) is 4.74 Å². The first-order chi connectivity index (χ1) is 16.0. The van der Waals surface area contributed by atoms with Gasteiger partial charge < -0.3 is 15.0 Å². The maximum Gasteiger partial charge on any atom is 0.312 e. The number of nitrogens with zero attached hydrogens (tertiary/aromatic N) is 1. The fourth-order valence-corrected chi connectivity index (χ4v) is 4.68. The van der Waals surface area contributed by atoms with E-state index in [-0.39, 0.29) is 29.6 Å². The van der Waals surface area contributed by atoms with Gasteiger partial charge in [0.15, 0.2) is 6.10 Å². The summed E-state index contributed by atoms with van der Waals surface area (Å²) >= 11 is 0. The van der Waals surface area contributed by atoms with Crippen molar-refractivity contribution in [2.24, 2.45) is 5.92 Å². The van der Waals surface area contributed by atoms with E-state index >= 15 is 0 Å². The number of para-hydroxylation sites is 1. The molecule has 0 saturated carbocycles. The smallest absolute Gasteiger partial charge is 0.312 e. The van der Waals surface area contributed by atoms with Crippen molar-refractivity contribution in [3.8, 4) is 0 Å². The number of amides is 2. The lowest BCUT2D eigenvalue weighted by atomic mass is 10.1. The van der Waals surface area contributed by atoms with Gasteiger partial charge in [-0.15, -0.1) is 0 Å². The van der Waals surface area contributed by atoms with E-state index in [0.29, 0.717) is 5.69 Å². The number of halogens is 1. The minimum Gasteiger partial charge on any atom is -0.452 e. The third kappa shape index (κ3) is 5.97. The molecule has 2 amide bonds. The molecule has 0 spiro atoms. The van der Waals surface area contributed by atoms with E-state index in [9.17, 15) is 27.2 Å². The Kier molecular flexibility index (Phi) is 7.68. The van der Waals surface area contributed by atoms with E-state index in [0.717, 1.165) is 0 Å². The largest absolute Gasteiger partial charge is 0.452 e. The average molecular weight is 492 g/mol.